The second-order valence-corrected chi connectivity index (χ2v) is 5.01. The van der Waals surface area contributed by atoms with Gasteiger partial charge in [0.2, 0.25) is 0 Å². The molecule has 1 nitrogen and oxygen atoms in total. The zero-order valence-corrected chi connectivity index (χ0v) is 11.8. The number of anilines is 2. The lowest BCUT2D eigenvalue weighted by Crippen LogP contribution is -1.99. The lowest BCUT2D eigenvalue weighted by molar-refractivity contribution is 0.586. The summed E-state index contributed by atoms with van der Waals surface area (Å²) >= 11 is 0. The highest BCUT2D eigenvalue weighted by Gasteiger charge is 2.07. The Hall–Kier alpha value is -1.90. The number of rotatable bonds is 5. The van der Waals surface area contributed by atoms with E-state index >= 15 is 0 Å². The van der Waals surface area contributed by atoms with Crippen LogP contribution in [0, 0.1) is 18.6 Å². The average molecular weight is 275 g/mol. The predicted molar refractivity (Wildman–Crippen MR) is 79.4 cm³/mol. The van der Waals surface area contributed by atoms with Gasteiger partial charge in [-0.2, -0.15) is 0 Å². The molecule has 0 radical (unpaired) electrons. The fraction of sp³-hybridized carbons (Fsp3) is 0.294. The molecule has 0 aliphatic rings. The Kier molecular flexibility index (Phi) is 4.72. The minimum Gasteiger partial charge on any atom is -0.353 e. The summed E-state index contributed by atoms with van der Waals surface area (Å²) in [4.78, 5) is 0. The Balaban J connectivity index is 2.27. The highest BCUT2D eigenvalue weighted by molar-refractivity contribution is 5.64. The molecule has 106 valence electrons. The fourth-order valence-corrected chi connectivity index (χ4v) is 2.15. The second-order valence-electron chi connectivity index (χ2n) is 5.01. The van der Waals surface area contributed by atoms with E-state index in [-0.39, 0.29) is 0 Å². The highest BCUT2D eigenvalue weighted by atomic mass is 19.1. The van der Waals surface area contributed by atoms with Gasteiger partial charge in [0.05, 0.1) is 5.69 Å². The number of halogens is 2. The van der Waals surface area contributed by atoms with Crippen LogP contribution in [-0.2, 0) is 6.42 Å². The van der Waals surface area contributed by atoms with Crippen molar-refractivity contribution in [1.82, 2.24) is 0 Å². The maximum Gasteiger partial charge on any atom is 0.149 e. The van der Waals surface area contributed by atoms with Crippen molar-refractivity contribution in [3.8, 4) is 0 Å². The summed E-state index contributed by atoms with van der Waals surface area (Å²) in [7, 11) is 0. The number of hydrogen-bond acceptors (Lipinski definition) is 1. The molecule has 3 heteroatoms. The Morgan fingerprint density at radius 2 is 1.75 bits per heavy atom. The first-order valence-electron chi connectivity index (χ1n) is 6.91. The van der Waals surface area contributed by atoms with Crippen molar-refractivity contribution in [2.75, 3.05) is 5.32 Å². The molecule has 0 aliphatic carbocycles. The van der Waals surface area contributed by atoms with Crippen molar-refractivity contribution in [2.45, 2.75) is 33.1 Å². The molecule has 0 saturated carbocycles. The number of benzene rings is 2. The molecule has 0 spiro atoms. The molecule has 2 aromatic rings. The Bertz CT molecular complexity index is 594. The summed E-state index contributed by atoms with van der Waals surface area (Å²) in [5.41, 5.74) is 3.53. The number of aryl methyl sites for hydroxylation is 2. The van der Waals surface area contributed by atoms with Crippen LogP contribution in [0.3, 0.4) is 0 Å². The standard InChI is InChI=1S/C17H19F2N/c1-3-4-5-13-10-12(2)6-8-16(13)20-17-9-7-14(18)11-15(17)19/h6-11,20H,3-5H2,1-2H3. The van der Waals surface area contributed by atoms with E-state index < -0.39 is 11.6 Å². The third-order valence-corrected chi connectivity index (χ3v) is 3.26. The number of unbranched alkanes of at least 4 members (excludes halogenated alkanes) is 1. The van der Waals surface area contributed by atoms with Gasteiger partial charge in [0.25, 0.3) is 0 Å². The zero-order valence-electron chi connectivity index (χ0n) is 11.8. The van der Waals surface area contributed by atoms with Gasteiger partial charge in [-0.05, 0) is 43.5 Å². The molecule has 0 heterocycles. The summed E-state index contributed by atoms with van der Waals surface area (Å²) in [5.74, 6) is -1.14. The number of hydrogen-bond donors (Lipinski definition) is 1. The van der Waals surface area contributed by atoms with Gasteiger partial charge in [0, 0.05) is 11.8 Å². The number of nitrogens with one attached hydrogen (secondary N) is 1. The largest absolute Gasteiger partial charge is 0.353 e. The van der Waals surface area contributed by atoms with Crippen LogP contribution in [-0.4, -0.2) is 0 Å². The maximum absolute atomic E-state index is 13.7. The molecule has 0 saturated heterocycles. The quantitative estimate of drug-likeness (QED) is 0.774. The van der Waals surface area contributed by atoms with Crippen molar-refractivity contribution in [1.29, 1.82) is 0 Å². The zero-order chi connectivity index (χ0) is 14.5. The van der Waals surface area contributed by atoms with E-state index in [0.29, 0.717) is 5.69 Å². The van der Waals surface area contributed by atoms with E-state index in [2.05, 4.69) is 18.3 Å². The Morgan fingerprint density at radius 3 is 2.45 bits per heavy atom. The smallest absolute Gasteiger partial charge is 0.149 e. The lowest BCUT2D eigenvalue weighted by atomic mass is 10.0. The summed E-state index contributed by atoms with van der Waals surface area (Å²) in [6.07, 6.45) is 3.14. The van der Waals surface area contributed by atoms with Crippen LogP contribution in [0.2, 0.25) is 0 Å². The SMILES string of the molecule is CCCCc1cc(C)ccc1Nc1ccc(F)cc1F. The minimum atomic E-state index is -0.577. The van der Waals surface area contributed by atoms with Gasteiger partial charge >= 0.3 is 0 Å². The third-order valence-electron chi connectivity index (χ3n) is 3.26. The van der Waals surface area contributed by atoms with Crippen LogP contribution < -0.4 is 5.32 Å². The Labute approximate surface area is 118 Å². The first kappa shape index (κ1) is 14.5. The van der Waals surface area contributed by atoms with Gasteiger partial charge in [-0.15, -0.1) is 0 Å². The van der Waals surface area contributed by atoms with Crippen molar-refractivity contribution in [3.05, 3.63) is 59.2 Å². The molecule has 0 aliphatic heterocycles. The summed E-state index contributed by atoms with van der Waals surface area (Å²) in [6.45, 7) is 4.18. The Morgan fingerprint density at radius 1 is 1.00 bits per heavy atom. The first-order chi connectivity index (χ1) is 9.60. The molecule has 0 fully saturated rings. The summed E-state index contributed by atoms with van der Waals surface area (Å²) in [6, 6.07) is 9.61. The van der Waals surface area contributed by atoms with E-state index in [9.17, 15) is 8.78 Å². The first-order valence-corrected chi connectivity index (χ1v) is 6.91. The van der Waals surface area contributed by atoms with E-state index in [1.54, 1.807) is 0 Å². The molecular weight excluding hydrogens is 256 g/mol. The molecule has 0 unspecified atom stereocenters. The van der Waals surface area contributed by atoms with Crippen LogP contribution in [0.25, 0.3) is 0 Å². The molecule has 2 rings (SSSR count). The van der Waals surface area contributed by atoms with E-state index in [0.717, 1.165) is 36.6 Å². The molecule has 0 bridgehead atoms. The van der Waals surface area contributed by atoms with E-state index in [1.165, 1.54) is 17.7 Å². The average Bonchev–Trinajstić information content (AvgIpc) is 2.41. The summed E-state index contributed by atoms with van der Waals surface area (Å²) < 4.78 is 26.6. The summed E-state index contributed by atoms with van der Waals surface area (Å²) in [5, 5.41) is 3.06. The van der Waals surface area contributed by atoms with Crippen molar-refractivity contribution < 1.29 is 8.78 Å². The van der Waals surface area contributed by atoms with Crippen LogP contribution >= 0.6 is 0 Å². The molecule has 20 heavy (non-hydrogen) atoms. The van der Waals surface area contributed by atoms with E-state index in [4.69, 9.17) is 0 Å². The molecule has 2 aromatic carbocycles. The van der Waals surface area contributed by atoms with Gasteiger partial charge in [-0.25, -0.2) is 8.78 Å². The third kappa shape index (κ3) is 3.56. The lowest BCUT2D eigenvalue weighted by Gasteiger charge is -2.13. The predicted octanol–water partition coefficient (Wildman–Crippen LogP) is 5.36. The van der Waals surface area contributed by atoms with Crippen molar-refractivity contribution in [3.63, 3.8) is 0 Å². The van der Waals surface area contributed by atoms with Crippen LogP contribution in [0.5, 0.6) is 0 Å². The molecule has 0 aromatic heterocycles. The monoisotopic (exact) mass is 275 g/mol. The van der Waals surface area contributed by atoms with Gasteiger partial charge in [-0.3, -0.25) is 0 Å². The fourth-order valence-electron chi connectivity index (χ4n) is 2.15. The maximum atomic E-state index is 13.7. The van der Waals surface area contributed by atoms with Crippen LogP contribution in [0.1, 0.15) is 30.9 Å². The normalized spacial score (nSPS) is 10.6. The van der Waals surface area contributed by atoms with Crippen LogP contribution in [0.4, 0.5) is 20.2 Å². The van der Waals surface area contributed by atoms with E-state index in [1.807, 2.05) is 19.1 Å². The van der Waals surface area contributed by atoms with Gasteiger partial charge < -0.3 is 5.32 Å². The molecule has 0 amide bonds. The minimum absolute atomic E-state index is 0.299. The van der Waals surface area contributed by atoms with Gasteiger partial charge in [-0.1, -0.05) is 31.0 Å². The van der Waals surface area contributed by atoms with Crippen LogP contribution in [0.15, 0.2) is 36.4 Å². The molecule has 0 atom stereocenters. The highest BCUT2D eigenvalue weighted by Crippen LogP contribution is 2.25. The molecule has 1 N–H and O–H groups in total. The molecular formula is C17H19F2N. The van der Waals surface area contributed by atoms with Gasteiger partial charge in [0.15, 0.2) is 0 Å². The van der Waals surface area contributed by atoms with Crippen molar-refractivity contribution in [2.24, 2.45) is 0 Å². The topological polar surface area (TPSA) is 12.0 Å². The van der Waals surface area contributed by atoms with Crippen molar-refractivity contribution >= 4 is 11.4 Å². The van der Waals surface area contributed by atoms with Gasteiger partial charge in [0.1, 0.15) is 11.6 Å². The second kappa shape index (κ2) is 6.51.